The van der Waals surface area contributed by atoms with E-state index < -0.39 is 0 Å². The van der Waals surface area contributed by atoms with E-state index in [-0.39, 0.29) is 0 Å². The van der Waals surface area contributed by atoms with Crippen molar-refractivity contribution in [3.63, 3.8) is 0 Å². The van der Waals surface area contributed by atoms with Crippen molar-refractivity contribution >= 4 is 87.2 Å². The fourth-order valence-corrected chi connectivity index (χ4v) is 20.8. The SMILES string of the molecule is Cc1nc(C)nc(-c2ccc3c(c2)c2ccccc2n3-c2cccc(-c3cc(-c4cccc(-c5cccc(-c6nc(-c7ccccc7)cc(-c7cccc(-n8c9ccc(-c%10ccc(C#N)cc%10C#N)cc9c9cc(-c%10ccc(C#N)cc%10C#N)ccc98)c7-c7ccccc7-n7c8ccccc8c8ccccc87)n6)c5)c4)nc(-c4ccccc4)n3)c2-c2ccccc2-n2c3ccccc3c3ccccc32)n1. The fraction of sp³-hybridized carbons (Fsp3) is 0.0160. The Morgan fingerprint density at radius 3 is 0.950 bits per heavy atom. The van der Waals surface area contributed by atoms with Crippen molar-refractivity contribution in [3.8, 4) is 182 Å². The first-order valence-electron chi connectivity index (χ1n) is 46.3. The van der Waals surface area contributed by atoms with E-state index in [0.29, 0.717) is 73.9 Å². The molecule has 0 atom stereocenters. The van der Waals surface area contributed by atoms with Gasteiger partial charge in [-0.2, -0.15) is 21.0 Å². The summed E-state index contributed by atoms with van der Waals surface area (Å²) in [6, 6.07) is 154. The molecule has 15 heteroatoms. The molecule has 0 bridgehead atoms. The largest absolute Gasteiger partial charge is 0.309 e. The molecular weight excluding hydrogens is 1710 g/mol. The first kappa shape index (κ1) is 82.2. The number of aromatic nitrogens is 11. The maximum atomic E-state index is 10.7. The third kappa shape index (κ3) is 13.9. The molecule has 0 fully saturated rings. The summed E-state index contributed by atoms with van der Waals surface area (Å²) < 4.78 is 9.53. The van der Waals surface area contributed by atoms with Crippen LogP contribution in [0.2, 0.25) is 0 Å². The zero-order valence-electron chi connectivity index (χ0n) is 75.5. The van der Waals surface area contributed by atoms with Crippen molar-refractivity contribution < 1.29 is 0 Å². The third-order valence-electron chi connectivity index (χ3n) is 27.0. The van der Waals surface area contributed by atoms with Gasteiger partial charge in [-0.05, 0) is 193 Å². The van der Waals surface area contributed by atoms with Crippen LogP contribution in [0.1, 0.15) is 33.9 Å². The summed E-state index contributed by atoms with van der Waals surface area (Å²) in [4.78, 5) is 37.0. The van der Waals surface area contributed by atoms with Gasteiger partial charge < -0.3 is 18.3 Å². The van der Waals surface area contributed by atoms with Crippen LogP contribution in [0.3, 0.4) is 0 Å². The minimum Gasteiger partial charge on any atom is -0.309 e. The average molecular weight is 1790 g/mol. The normalized spacial score (nSPS) is 11.5. The molecule has 15 nitrogen and oxygen atoms in total. The van der Waals surface area contributed by atoms with Gasteiger partial charge in [0, 0.05) is 104 Å². The molecule has 0 saturated heterocycles. The Kier molecular flexibility index (Phi) is 19.8. The lowest BCUT2D eigenvalue weighted by Gasteiger charge is -2.22. The standard InChI is InChI=1S/C125H75N15/c1-76-130-77(2)132-124(131-76)88-57-62-116-102(69-88)97-39-13-20-48-113(97)139(116)119-51-25-43-99(121(119)100-40-14-21-49-114(100)137-109-44-16-9-35-93(109)94-36-10-17-45-110(94)137)108-71-106(134-123(135-108)81-29-7-4-8-30-81)86-33-23-31-82(65-86)83-32-24-34-87(66-83)125-133-105(80-27-5-3-6-28-80)70-107(136-125)98-42-26-52-120(122(98)101-41-15-22-50-115(101)138-111-46-18-11-37-95(111)96-38-12-19-47-112(96)138)140-117-60-55-84(91-58-53-78(72-126)63-89(91)74-128)67-103(117)104-68-85(56-61-118(104)140)92-59-54-79(73-127)64-90(92)75-129/h3-71H,1-2H3. The lowest BCUT2D eigenvalue weighted by atomic mass is 9.92. The van der Waals surface area contributed by atoms with Crippen molar-refractivity contribution in [3.05, 3.63) is 452 Å². The summed E-state index contributed by atoms with van der Waals surface area (Å²) in [5.74, 6) is 3.01. The summed E-state index contributed by atoms with van der Waals surface area (Å²) in [6.07, 6.45) is 0. The van der Waals surface area contributed by atoms with Crippen molar-refractivity contribution in [2.45, 2.75) is 13.8 Å². The Balaban J connectivity index is 0.676. The molecule has 0 unspecified atom stereocenters. The van der Waals surface area contributed by atoms with E-state index in [4.69, 9.17) is 29.9 Å². The van der Waals surface area contributed by atoms with Gasteiger partial charge in [0.2, 0.25) is 0 Å². The molecular formula is C125H75N15. The summed E-state index contributed by atoms with van der Waals surface area (Å²) in [5, 5.41) is 50.0. The molecule has 650 valence electrons. The summed E-state index contributed by atoms with van der Waals surface area (Å²) in [7, 11) is 0. The van der Waals surface area contributed by atoms with E-state index in [1.807, 2.05) is 74.5 Å². The van der Waals surface area contributed by atoms with E-state index in [0.717, 1.165) is 205 Å². The van der Waals surface area contributed by atoms with E-state index in [9.17, 15) is 21.0 Å². The second-order valence-electron chi connectivity index (χ2n) is 35.1. The molecule has 0 spiro atoms. The van der Waals surface area contributed by atoms with Crippen LogP contribution in [-0.2, 0) is 0 Å². The van der Waals surface area contributed by atoms with E-state index >= 15 is 0 Å². The maximum Gasteiger partial charge on any atom is 0.163 e. The number of rotatable bonds is 16. The highest BCUT2D eigenvalue weighted by atomic mass is 15.0. The highest BCUT2D eigenvalue weighted by molar-refractivity contribution is 6.16. The minimum absolute atomic E-state index is 0.368. The lowest BCUT2D eigenvalue weighted by molar-refractivity contribution is 0.929. The smallest absolute Gasteiger partial charge is 0.163 e. The molecule has 0 N–H and O–H groups in total. The lowest BCUT2D eigenvalue weighted by Crippen LogP contribution is -2.04. The van der Waals surface area contributed by atoms with E-state index in [1.165, 1.54) is 0 Å². The number of nitriles is 4. The van der Waals surface area contributed by atoms with Gasteiger partial charge in [0.1, 0.15) is 11.6 Å². The van der Waals surface area contributed by atoms with Gasteiger partial charge in [0.05, 0.1) is 136 Å². The Labute approximate surface area is 804 Å². The zero-order valence-corrected chi connectivity index (χ0v) is 75.5. The molecule has 7 aromatic heterocycles. The molecule has 25 aromatic rings. The highest BCUT2D eigenvalue weighted by Crippen LogP contribution is 2.51. The van der Waals surface area contributed by atoms with Crippen molar-refractivity contribution in [2.24, 2.45) is 0 Å². The Morgan fingerprint density at radius 2 is 0.493 bits per heavy atom. The summed E-state index contributed by atoms with van der Waals surface area (Å²) in [5.41, 5.74) is 30.6. The van der Waals surface area contributed by atoms with Crippen molar-refractivity contribution in [2.75, 3.05) is 0 Å². The van der Waals surface area contributed by atoms with Gasteiger partial charge in [-0.3, -0.25) is 0 Å². The fourth-order valence-electron chi connectivity index (χ4n) is 20.8. The van der Waals surface area contributed by atoms with Crippen LogP contribution in [0.25, 0.3) is 245 Å². The first-order valence-corrected chi connectivity index (χ1v) is 46.3. The minimum atomic E-state index is 0.368. The number of hydrogen-bond acceptors (Lipinski definition) is 11. The average Bonchev–Trinajstić information content (AvgIpc) is 1.58. The topological polar surface area (TPSA) is 205 Å². The molecule has 0 saturated carbocycles. The number of fused-ring (bicyclic) bond motifs is 12. The monoisotopic (exact) mass is 1790 g/mol. The van der Waals surface area contributed by atoms with E-state index in [1.54, 1.807) is 24.3 Å². The Bertz CT molecular complexity index is 9420. The van der Waals surface area contributed by atoms with Gasteiger partial charge in [0.15, 0.2) is 17.5 Å². The zero-order chi connectivity index (χ0) is 93.7. The van der Waals surface area contributed by atoms with Crippen LogP contribution in [0.4, 0.5) is 0 Å². The van der Waals surface area contributed by atoms with Crippen molar-refractivity contribution in [1.82, 2.24) is 53.2 Å². The predicted octanol–water partition coefficient (Wildman–Crippen LogP) is 29.9. The summed E-state index contributed by atoms with van der Waals surface area (Å²) in [6.45, 7) is 3.82. The predicted molar refractivity (Wildman–Crippen MR) is 562 cm³/mol. The molecule has 7 heterocycles. The molecule has 25 rings (SSSR count). The Morgan fingerprint density at radius 1 is 0.186 bits per heavy atom. The van der Waals surface area contributed by atoms with Gasteiger partial charge in [-0.15, -0.1) is 0 Å². The molecule has 140 heavy (non-hydrogen) atoms. The second-order valence-corrected chi connectivity index (χ2v) is 35.1. The van der Waals surface area contributed by atoms with Crippen LogP contribution < -0.4 is 0 Å². The number of para-hydroxylation sites is 7. The van der Waals surface area contributed by atoms with Crippen LogP contribution in [-0.4, -0.2) is 53.2 Å². The molecule has 0 radical (unpaired) electrons. The van der Waals surface area contributed by atoms with Crippen LogP contribution in [0, 0.1) is 59.2 Å². The number of benzene rings is 18. The van der Waals surface area contributed by atoms with Crippen LogP contribution in [0.5, 0.6) is 0 Å². The number of nitrogens with zero attached hydrogens (tertiary/aromatic N) is 15. The molecule has 18 aromatic carbocycles. The maximum absolute atomic E-state index is 10.7. The van der Waals surface area contributed by atoms with E-state index in [2.05, 4.69) is 381 Å². The van der Waals surface area contributed by atoms with Crippen molar-refractivity contribution in [1.29, 1.82) is 21.0 Å². The van der Waals surface area contributed by atoms with Crippen LogP contribution in [0.15, 0.2) is 419 Å². The quantitative estimate of drug-likeness (QED) is 0.0889. The van der Waals surface area contributed by atoms with Gasteiger partial charge in [0.25, 0.3) is 0 Å². The molecule has 0 aliphatic carbocycles. The van der Waals surface area contributed by atoms with Gasteiger partial charge in [-0.25, -0.2) is 34.9 Å². The second kappa shape index (κ2) is 33.8. The van der Waals surface area contributed by atoms with Crippen LogP contribution >= 0.6 is 0 Å². The number of hydrogen-bond donors (Lipinski definition) is 0. The van der Waals surface area contributed by atoms with Gasteiger partial charge >= 0.3 is 0 Å². The van der Waals surface area contributed by atoms with Gasteiger partial charge in [-0.1, -0.05) is 273 Å². The molecule has 0 aliphatic rings. The molecule has 0 aliphatic heterocycles. The highest BCUT2D eigenvalue weighted by Gasteiger charge is 2.30. The third-order valence-corrected chi connectivity index (χ3v) is 27.0. The Hall–Kier alpha value is -19.7. The first-order chi connectivity index (χ1) is 69.0. The number of aryl methyl sites for hydroxylation is 2. The summed E-state index contributed by atoms with van der Waals surface area (Å²) >= 11 is 0. The molecule has 0 amide bonds.